The normalized spacial score (nSPS) is 45.6. The van der Waals surface area contributed by atoms with E-state index in [9.17, 15) is 20.1 Å². The van der Waals surface area contributed by atoms with Crippen LogP contribution in [0, 0.1) is 23.2 Å². The van der Waals surface area contributed by atoms with E-state index in [0.717, 1.165) is 0 Å². The molecule has 0 saturated heterocycles. The van der Waals surface area contributed by atoms with Crippen molar-refractivity contribution in [1.82, 2.24) is 0 Å². The highest BCUT2D eigenvalue weighted by Crippen LogP contribution is 2.53. The van der Waals surface area contributed by atoms with E-state index in [1.807, 2.05) is 19.9 Å². The molecule has 2 aliphatic rings. The third kappa shape index (κ3) is 2.41. The van der Waals surface area contributed by atoms with E-state index in [2.05, 4.69) is 4.74 Å². The van der Waals surface area contributed by atoms with Crippen LogP contribution in [0.25, 0.3) is 0 Å². The lowest BCUT2D eigenvalue weighted by Crippen LogP contribution is -2.60. The van der Waals surface area contributed by atoms with Crippen molar-refractivity contribution >= 4 is 5.97 Å². The highest BCUT2D eigenvalue weighted by atomic mass is 16.5. The first-order valence-corrected chi connectivity index (χ1v) is 7.51. The third-order valence-electron chi connectivity index (χ3n) is 5.70. The molecule has 1 saturated carbocycles. The van der Waals surface area contributed by atoms with Crippen molar-refractivity contribution in [2.45, 2.75) is 51.4 Å². The van der Waals surface area contributed by atoms with Crippen molar-refractivity contribution in [3.63, 3.8) is 0 Å². The van der Waals surface area contributed by atoms with Crippen LogP contribution < -0.4 is 0 Å². The van der Waals surface area contributed by atoms with Crippen molar-refractivity contribution in [1.29, 1.82) is 0 Å². The number of fused-ring (bicyclic) bond motifs is 1. The standard InChI is InChI=1S/C16H26O5/c1-9-5-6-11(17)15(2)8-7-10(13(18)12(9)15)16(3,20)14(19)21-4/h5-6,9-13,17-18,20H,7-8H2,1-4H3/t9-,10+,11-,12-,13-,15+,16-/m0/s1. The molecular formula is C16H26O5. The zero-order chi connectivity index (χ0) is 16.0. The van der Waals surface area contributed by atoms with E-state index >= 15 is 0 Å². The highest BCUT2D eigenvalue weighted by molar-refractivity contribution is 5.79. The van der Waals surface area contributed by atoms with Crippen molar-refractivity contribution in [2.75, 3.05) is 7.11 Å². The summed E-state index contributed by atoms with van der Waals surface area (Å²) in [6.07, 6.45) is 3.31. The Kier molecular flexibility index (Phi) is 4.21. The average molecular weight is 298 g/mol. The molecule has 0 aromatic heterocycles. The Morgan fingerprint density at radius 3 is 2.57 bits per heavy atom. The smallest absolute Gasteiger partial charge is 0.337 e. The Hall–Kier alpha value is -0.910. The number of allylic oxidation sites excluding steroid dienone is 1. The summed E-state index contributed by atoms with van der Waals surface area (Å²) in [5.41, 5.74) is -2.16. The van der Waals surface area contributed by atoms with Gasteiger partial charge in [0.05, 0.1) is 19.3 Å². The number of rotatable bonds is 2. The molecule has 0 aliphatic heterocycles. The summed E-state index contributed by atoms with van der Waals surface area (Å²) in [6.45, 7) is 5.35. The Labute approximate surface area is 125 Å². The number of hydrogen-bond donors (Lipinski definition) is 3. The molecule has 0 unspecified atom stereocenters. The molecular weight excluding hydrogens is 272 g/mol. The van der Waals surface area contributed by atoms with Gasteiger partial charge in [0.2, 0.25) is 0 Å². The predicted molar refractivity (Wildman–Crippen MR) is 77.3 cm³/mol. The monoisotopic (exact) mass is 298 g/mol. The maximum absolute atomic E-state index is 11.8. The molecule has 0 aromatic carbocycles. The van der Waals surface area contributed by atoms with E-state index in [4.69, 9.17) is 0 Å². The first kappa shape index (κ1) is 16.5. The van der Waals surface area contributed by atoms with Crippen LogP contribution in [0.4, 0.5) is 0 Å². The zero-order valence-electron chi connectivity index (χ0n) is 13.1. The molecule has 1 fully saturated rings. The van der Waals surface area contributed by atoms with E-state index in [0.29, 0.717) is 12.8 Å². The maximum atomic E-state index is 11.8. The molecule has 2 rings (SSSR count). The molecule has 0 bridgehead atoms. The fourth-order valence-corrected chi connectivity index (χ4v) is 4.29. The van der Waals surface area contributed by atoms with Gasteiger partial charge in [0, 0.05) is 11.3 Å². The van der Waals surface area contributed by atoms with Crippen LogP contribution in [0.2, 0.25) is 0 Å². The Morgan fingerprint density at radius 2 is 2.00 bits per heavy atom. The second-order valence-electron chi connectivity index (χ2n) is 7.00. The minimum Gasteiger partial charge on any atom is -0.467 e. The SMILES string of the molecule is COC(=O)[C@@](C)(O)[C@@H]1CC[C@@]2(C)[C@H]([C@H]1O)[C@@H](C)C=C[C@@H]2O. The number of hydrogen-bond acceptors (Lipinski definition) is 5. The zero-order valence-corrected chi connectivity index (χ0v) is 13.1. The lowest BCUT2D eigenvalue weighted by atomic mass is 9.53. The number of aliphatic hydroxyl groups excluding tert-OH is 2. The molecule has 5 nitrogen and oxygen atoms in total. The molecule has 0 heterocycles. The van der Waals surface area contributed by atoms with Crippen molar-refractivity contribution in [3.05, 3.63) is 12.2 Å². The largest absolute Gasteiger partial charge is 0.467 e. The van der Waals surface area contributed by atoms with E-state index in [1.54, 1.807) is 6.08 Å². The van der Waals surface area contributed by atoms with Crippen LogP contribution in [-0.4, -0.2) is 46.2 Å². The van der Waals surface area contributed by atoms with Crippen molar-refractivity contribution in [2.24, 2.45) is 23.2 Å². The quantitative estimate of drug-likeness (QED) is 0.520. The summed E-state index contributed by atoms with van der Waals surface area (Å²) in [5.74, 6) is -1.45. The van der Waals surface area contributed by atoms with Gasteiger partial charge in [-0.05, 0) is 31.6 Å². The summed E-state index contributed by atoms with van der Waals surface area (Å²) >= 11 is 0. The van der Waals surface area contributed by atoms with E-state index < -0.39 is 35.1 Å². The first-order chi connectivity index (χ1) is 9.66. The predicted octanol–water partition coefficient (Wildman–Crippen LogP) is 0.871. The molecule has 5 heteroatoms. The summed E-state index contributed by atoms with van der Waals surface area (Å²) in [7, 11) is 1.23. The van der Waals surface area contributed by atoms with Crippen LogP contribution in [0.15, 0.2) is 12.2 Å². The number of esters is 1. The van der Waals surface area contributed by atoms with Gasteiger partial charge in [0.1, 0.15) is 0 Å². The van der Waals surface area contributed by atoms with Gasteiger partial charge in [-0.2, -0.15) is 0 Å². The summed E-state index contributed by atoms with van der Waals surface area (Å²) in [4.78, 5) is 11.8. The molecule has 2 aliphatic carbocycles. The highest BCUT2D eigenvalue weighted by Gasteiger charge is 2.57. The number of ether oxygens (including phenoxy) is 1. The lowest BCUT2D eigenvalue weighted by Gasteiger charge is -2.55. The van der Waals surface area contributed by atoms with Crippen LogP contribution in [-0.2, 0) is 9.53 Å². The van der Waals surface area contributed by atoms with Gasteiger partial charge in [-0.15, -0.1) is 0 Å². The van der Waals surface area contributed by atoms with E-state index in [-0.39, 0.29) is 11.8 Å². The van der Waals surface area contributed by atoms with Crippen LogP contribution in [0.1, 0.15) is 33.6 Å². The van der Waals surface area contributed by atoms with Gasteiger partial charge < -0.3 is 20.1 Å². The van der Waals surface area contributed by atoms with Crippen molar-refractivity contribution in [3.8, 4) is 0 Å². The molecule has 21 heavy (non-hydrogen) atoms. The second-order valence-corrected chi connectivity index (χ2v) is 7.00. The van der Waals surface area contributed by atoms with Crippen LogP contribution >= 0.6 is 0 Å². The number of carbonyl (C=O) groups is 1. The Morgan fingerprint density at radius 1 is 1.38 bits per heavy atom. The minimum atomic E-state index is -1.72. The minimum absolute atomic E-state index is 0.0737. The van der Waals surface area contributed by atoms with Gasteiger partial charge in [0.25, 0.3) is 0 Å². The molecule has 0 radical (unpaired) electrons. The topological polar surface area (TPSA) is 87.0 Å². The molecule has 0 amide bonds. The fraction of sp³-hybridized carbons (Fsp3) is 0.812. The van der Waals surface area contributed by atoms with Gasteiger partial charge in [-0.25, -0.2) is 4.79 Å². The number of aliphatic hydroxyl groups is 3. The number of carbonyl (C=O) groups excluding carboxylic acids is 1. The number of methoxy groups -OCH3 is 1. The van der Waals surface area contributed by atoms with Gasteiger partial charge >= 0.3 is 5.97 Å². The summed E-state index contributed by atoms with van der Waals surface area (Å²) in [6, 6.07) is 0. The molecule has 7 atom stereocenters. The van der Waals surface area contributed by atoms with Gasteiger partial charge in [0.15, 0.2) is 5.60 Å². The van der Waals surface area contributed by atoms with Gasteiger partial charge in [-0.3, -0.25) is 0 Å². The Bertz CT molecular complexity index is 444. The van der Waals surface area contributed by atoms with Crippen LogP contribution in [0.5, 0.6) is 0 Å². The van der Waals surface area contributed by atoms with Gasteiger partial charge in [-0.1, -0.05) is 26.0 Å². The first-order valence-electron chi connectivity index (χ1n) is 7.51. The Balaban J connectivity index is 2.34. The maximum Gasteiger partial charge on any atom is 0.337 e. The van der Waals surface area contributed by atoms with Crippen LogP contribution in [0.3, 0.4) is 0 Å². The lowest BCUT2D eigenvalue weighted by molar-refractivity contribution is -0.191. The fourth-order valence-electron chi connectivity index (χ4n) is 4.29. The third-order valence-corrected chi connectivity index (χ3v) is 5.70. The summed E-state index contributed by atoms with van der Waals surface area (Å²) < 4.78 is 4.66. The molecule has 0 spiro atoms. The van der Waals surface area contributed by atoms with Crippen molar-refractivity contribution < 1.29 is 24.9 Å². The molecule has 3 N–H and O–H groups in total. The van der Waals surface area contributed by atoms with E-state index in [1.165, 1.54) is 14.0 Å². The molecule has 0 aromatic rings. The molecule has 120 valence electrons. The average Bonchev–Trinajstić information content (AvgIpc) is 2.42. The second kappa shape index (κ2) is 5.38. The summed E-state index contributed by atoms with van der Waals surface area (Å²) in [5, 5.41) is 31.6.